The van der Waals surface area contributed by atoms with Gasteiger partial charge in [0.1, 0.15) is 22.3 Å². The van der Waals surface area contributed by atoms with Crippen LogP contribution in [0.15, 0.2) is 191 Å². The van der Waals surface area contributed by atoms with Crippen molar-refractivity contribution in [2.24, 2.45) is 0 Å². The summed E-state index contributed by atoms with van der Waals surface area (Å²) >= 11 is 0. The van der Waals surface area contributed by atoms with Gasteiger partial charge in [0.05, 0.1) is 22.1 Å². The van der Waals surface area contributed by atoms with E-state index in [9.17, 15) is 0 Å². The summed E-state index contributed by atoms with van der Waals surface area (Å²) in [6, 6.07) is 67.3. The molecular weight excluding hydrogens is 781 g/mol. The molecule has 9 aromatic carbocycles. The molecule has 0 saturated heterocycles. The molecule has 4 heteroatoms. The van der Waals surface area contributed by atoms with Gasteiger partial charge in [-0.1, -0.05) is 110 Å². The topological polar surface area (TPSA) is 36.1 Å². The van der Waals surface area contributed by atoms with E-state index in [1.54, 1.807) is 0 Å². The van der Waals surface area contributed by atoms with Crippen LogP contribution in [0.1, 0.15) is 43.2 Å². The summed E-state index contributed by atoms with van der Waals surface area (Å²) in [5.74, 6) is 0. The van der Waals surface area contributed by atoms with Gasteiger partial charge in [0.25, 0.3) is 0 Å². The maximum Gasteiger partial charge on any atom is 0.137 e. The maximum absolute atomic E-state index is 6.45. The van der Waals surface area contributed by atoms with E-state index in [1.807, 2.05) is 18.2 Å². The molecule has 0 bridgehead atoms. The number of para-hydroxylation sites is 4. The minimum atomic E-state index is 0.0182. The van der Waals surface area contributed by atoms with Crippen molar-refractivity contribution < 1.29 is 8.83 Å². The lowest BCUT2D eigenvalue weighted by Gasteiger charge is -2.36. The molecule has 1 fully saturated rings. The first kappa shape index (κ1) is 34.7. The number of benzene rings is 9. The quantitative estimate of drug-likeness (QED) is 0.178. The lowest BCUT2D eigenvalue weighted by atomic mass is 9.67. The fraction of sp³-hybridized carbons (Fsp3) is 0.100. The first-order valence-electron chi connectivity index (χ1n) is 22.8. The molecule has 4 heterocycles. The summed E-state index contributed by atoms with van der Waals surface area (Å²) in [6.45, 7) is 0. The highest BCUT2D eigenvalue weighted by Crippen LogP contribution is 2.58. The third-order valence-electron chi connectivity index (χ3n) is 15.1. The SMILES string of the molecule is c1ccc2c(c1)oc1cc(-n3c4ccccc4c4cc(-c5ccc6c(c5)-c5cc7c(cc5C65CCCCC5)c5ccccc5n7-c5ccc6c(c5)oc5ccccc56)ccc43)ccc12. The number of rotatable bonds is 3. The highest BCUT2D eigenvalue weighted by atomic mass is 16.3. The molecule has 1 spiro atoms. The predicted octanol–water partition coefficient (Wildman–Crippen LogP) is 16.6. The van der Waals surface area contributed by atoms with Gasteiger partial charge in [-0.3, -0.25) is 0 Å². The van der Waals surface area contributed by atoms with Crippen molar-refractivity contribution in [2.75, 3.05) is 0 Å². The Balaban J connectivity index is 0.916. The van der Waals surface area contributed by atoms with E-state index >= 15 is 0 Å². The van der Waals surface area contributed by atoms with Crippen LogP contribution in [0.5, 0.6) is 0 Å². The monoisotopic (exact) mass is 820 g/mol. The molecule has 0 aliphatic heterocycles. The molecule has 1 saturated carbocycles. The largest absolute Gasteiger partial charge is 0.456 e. The number of aromatic nitrogens is 2. The second-order valence-corrected chi connectivity index (χ2v) is 18.3. The van der Waals surface area contributed by atoms with E-state index in [1.165, 1.54) is 109 Å². The second kappa shape index (κ2) is 12.6. The highest BCUT2D eigenvalue weighted by molar-refractivity contribution is 6.14. The molecule has 0 atom stereocenters. The number of nitrogens with zero attached hydrogens (tertiary/aromatic N) is 2. The van der Waals surface area contributed by atoms with Crippen molar-refractivity contribution in [3.63, 3.8) is 0 Å². The maximum atomic E-state index is 6.45. The van der Waals surface area contributed by atoms with Crippen LogP contribution in [0.3, 0.4) is 0 Å². The standard InChI is InChI=1S/C60H40N2O2/c1-10-28-60(29-11-1)50-26-20-36(37-21-27-54-48(31-37)40-12-2-6-16-52(40)61(54)38-22-24-44-42-14-4-8-18-56(42)63-58(44)32-38)30-46(50)47-35-55-49(34-51(47)60)41-13-3-7-17-53(41)62(55)39-23-25-45-43-15-5-9-19-57(43)64-59(45)33-39/h2-9,12-27,30-35H,1,10-11,28-29H2. The van der Waals surface area contributed by atoms with Gasteiger partial charge in [0, 0.05) is 72.0 Å². The van der Waals surface area contributed by atoms with Gasteiger partial charge >= 0.3 is 0 Å². The molecule has 0 N–H and O–H groups in total. The zero-order valence-corrected chi connectivity index (χ0v) is 35.1. The van der Waals surface area contributed by atoms with Crippen LogP contribution < -0.4 is 0 Å². The summed E-state index contributed by atoms with van der Waals surface area (Å²) in [5.41, 5.74) is 18.9. The van der Waals surface area contributed by atoms with Crippen molar-refractivity contribution in [1.82, 2.24) is 9.13 Å². The minimum absolute atomic E-state index is 0.0182. The summed E-state index contributed by atoms with van der Waals surface area (Å²) in [5, 5.41) is 9.68. The van der Waals surface area contributed by atoms with Crippen LogP contribution in [0.25, 0.3) is 121 Å². The number of fused-ring (bicyclic) bond motifs is 17. The molecule has 13 aromatic rings. The van der Waals surface area contributed by atoms with Crippen LogP contribution in [0.2, 0.25) is 0 Å². The van der Waals surface area contributed by atoms with Crippen molar-refractivity contribution in [3.8, 4) is 33.6 Å². The summed E-state index contributed by atoms with van der Waals surface area (Å²) in [4.78, 5) is 0. The third-order valence-corrected chi connectivity index (χ3v) is 15.1. The van der Waals surface area contributed by atoms with Crippen LogP contribution in [0.4, 0.5) is 0 Å². The average molecular weight is 821 g/mol. The van der Waals surface area contributed by atoms with Gasteiger partial charge in [-0.15, -0.1) is 0 Å². The Morgan fingerprint density at radius 3 is 1.48 bits per heavy atom. The molecule has 2 aliphatic carbocycles. The van der Waals surface area contributed by atoms with Gasteiger partial charge in [-0.05, 0) is 125 Å². The van der Waals surface area contributed by atoms with E-state index in [0.717, 1.165) is 55.3 Å². The molecule has 4 aromatic heterocycles. The fourth-order valence-electron chi connectivity index (χ4n) is 12.3. The normalized spacial score (nSPS) is 14.7. The van der Waals surface area contributed by atoms with Gasteiger partial charge in [-0.25, -0.2) is 0 Å². The highest BCUT2D eigenvalue weighted by Gasteiger charge is 2.44. The molecule has 4 nitrogen and oxygen atoms in total. The van der Waals surface area contributed by atoms with E-state index in [4.69, 9.17) is 8.83 Å². The first-order chi connectivity index (χ1) is 31.7. The van der Waals surface area contributed by atoms with Crippen molar-refractivity contribution in [3.05, 3.63) is 193 Å². The average Bonchev–Trinajstić information content (AvgIpc) is 4.14. The lowest BCUT2D eigenvalue weighted by Crippen LogP contribution is -2.28. The Morgan fingerprint density at radius 2 is 0.828 bits per heavy atom. The smallest absolute Gasteiger partial charge is 0.137 e. The number of furan rings is 2. The van der Waals surface area contributed by atoms with Gasteiger partial charge < -0.3 is 18.0 Å². The van der Waals surface area contributed by atoms with Gasteiger partial charge in [0.15, 0.2) is 0 Å². The third kappa shape index (κ3) is 4.62. The molecule has 2 aliphatic rings. The Bertz CT molecular complexity index is 4130. The van der Waals surface area contributed by atoms with Gasteiger partial charge in [0.2, 0.25) is 0 Å². The molecule has 0 unspecified atom stereocenters. The van der Waals surface area contributed by atoms with E-state index in [-0.39, 0.29) is 5.41 Å². The Labute approximate surface area is 368 Å². The second-order valence-electron chi connectivity index (χ2n) is 18.3. The van der Waals surface area contributed by atoms with Crippen molar-refractivity contribution in [2.45, 2.75) is 37.5 Å². The Hall–Kier alpha value is -7.82. The molecular formula is C60H40N2O2. The van der Waals surface area contributed by atoms with Crippen LogP contribution in [-0.2, 0) is 5.41 Å². The first-order valence-corrected chi connectivity index (χ1v) is 22.8. The lowest BCUT2D eigenvalue weighted by molar-refractivity contribution is 0.353. The fourth-order valence-corrected chi connectivity index (χ4v) is 12.3. The Kier molecular flexibility index (Phi) is 6.86. The predicted molar refractivity (Wildman–Crippen MR) is 264 cm³/mol. The summed E-state index contributed by atoms with van der Waals surface area (Å²) in [6.07, 6.45) is 6.18. The van der Waals surface area contributed by atoms with Crippen LogP contribution in [-0.4, -0.2) is 9.13 Å². The zero-order chi connectivity index (χ0) is 41.7. The number of hydrogen-bond donors (Lipinski definition) is 0. The summed E-state index contributed by atoms with van der Waals surface area (Å²) < 4.78 is 17.7. The van der Waals surface area contributed by atoms with E-state index < -0.39 is 0 Å². The van der Waals surface area contributed by atoms with E-state index in [0.29, 0.717) is 0 Å². The van der Waals surface area contributed by atoms with Crippen molar-refractivity contribution in [1.29, 1.82) is 0 Å². The number of hydrogen-bond acceptors (Lipinski definition) is 2. The zero-order valence-electron chi connectivity index (χ0n) is 35.1. The van der Waals surface area contributed by atoms with Crippen molar-refractivity contribution >= 4 is 87.5 Å². The van der Waals surface area contributed by atoms with Crippen LogP contribution >= 0.6 is 0 Å². The molecule has 302 valence electrons. The molecule has 15 rings (SSSR count). The van der Waals surface area contributed by atoms with Crippen LogP contribution in [0, 0.1) is 0 Å². The summed E-state index contributed by atoms with van der Waals surface area (Å²) in [7, 11) is 0. The van der Waals surface area contributed by atoms with Gasteiger partial charge in [-0.2, -0.15) is 0 Å². The molecule has 64 heavy (non-hydrogen) atoms. The van der Waals surface area contributed by atoms with E-state index in [2.05, 4.69) is 173 Å². The molecule has 0 radical (unpaired) electrons. The Morgan fingerprint density at radius 1 is 0.328 bits per heavy atom. The minimum Gasteiger partial charge on any atom is -0.456 e. The molecule has 0 amide bonds.